The summed E-state index contributed by atoms with van der Waals surface area (Å²) in [4.78, 5) is 20.2. The van der Waals surface area contributed by atoms with Crippen LogP contribution in [0.5, 0.6) is 0 Å². The Morgan fingerprint density at radius 2 is 2.13 bits per heavy atom. The number of likely N-dealkylation sites (tertiary alicyclic amines) is 1. The van der Waals surface area contributed by atoms with Gasteiger partial charge in [-0.25, -0.2) is 0 Å². The molecule has 0 saturated carbocycles. The van der Waals surface area contributed by atoms with Crippen LogP contribution in [0.25, 0.3) is 10.9 Å². The molecule has 3 rings (SSSR count). The predicted molar refractivity (Wildman–Crippen MR) is 95.8 cm³/mol. The molecule has 0 radical (unpaired) electrons. The molecule has 2 atom stereocenters. The molecule has 2 heterocycles. The van der Waals surface area contributed by atoms with Crippen LogP contribution in [0.4, 0.5) is 0 Å². The third-order valence-electron chi connectivity index (χ3n) is 5.27. The Kier molecular flexibility index (Phi) is 4.83. The molecular weight excluding hydrogens is 286 g/mol. The maximum absolute atomic E-state index is 12.3. The molecule has 0 bridgehead atoms. The molecule has 1 fully saturated rings. The van der Waals surface area contributed by atoms with E-state index >= 15 is 0 Å². The van der Waals surface area contributed by atoms with E-state index in [4.69, 9.17) is 0 Å². The summed E-state index contributed by atoms with van der Waals surface area (Å²) < 4.78 is 0. The van der Waals surface area contributed by atoms with Gasteiger partial charge >= 0.3 is 0 Å². The van der Waals surface area contributed by atoms with Gasteiger partial charge < -0.3 is 9.88 Å². The first-order chi connectivity index (χ1) is 11.1. The van der Waals surface area contributed by atoms with E-state index in [-0.39, 0.29) is 5.56 Å². The van der Waals surface area contributed by atoms with Crippen molar-refractivity contribution in [2.45, 2.75) is 45.3 Å². The topological polar surface area (TPSA) is 39.3 Å². The molecule has 0 amide bonds. The van der Waals surface area contributed by atoms with Crippen molar-refractivity contribution < 1.29 is 0 Å². The number of nitrogens with one attached hydrogen (secondary N) is 1. The first-order valence-corrected chi connectivity index (χ1v) is 8.63. The summed E-state index contributed by atoms with van der Waals surface area (Å²) in [6.07, 6.45) is 2.36. The van der Waals surface area contributed by atoms with Crippen LogP contribution >= 0.6 is 0 Å². The Bertz CT molecular complexity index is 724. The van der Waals surface area contributed by atoms with Crippen molar-refractivity contribution in [3.63, 3.8) is 0 Å². The fourth-order valence-corrected chi connectivity index (χ4v) is 3.77. The maximum atomic E-state index is 12.3. The summed E-state index contributed by atoms with van der Waals surface area (Å²) in [5.74, 6) is 0. The molecule has 2 aromatic rings. The van der Waals surface area contributed by atoms with Gasteiger partial charge in [0.15, 0.2) is 0 Å². The lowest BCUT2D eigenvalue weighted by atomic mass is 9.97. The molecule has 4 nitrogen and oxygen atoms in total. The van der Waals surface area contributed by atoms with Crippen molar-refractivity contribution in [1.29, 1.82) is 0 Å². The molecule has 1 N–H and O–H groups in total. The Morgan fingerprint density at radius 1 is 1.35 bits per heavy atom. The fourth-order valence-electron chi connectivity index (χ4n) is 3.77. The van der Waals surface area contributed by atoms with Gasteiger partial charge in [0.05, 0.1) is 0 Å². The molecule has 1 aromatic carbocycles. The summed E-state index contributed by atoms with van der Waals surface area (Å²) >= 11 is 0. The zero-order valence-electron chi connectivity index (χ0n) is 14.4. The second kappa shape index (κ2) is 6.85. The Hall–Kier alpha value is -1.65. The maximum Gasteiger partial charge on any atom is 0.252 e. The molecule has 0 spiro atoms. The standard InChI is InChI=1S/C19H27N3O/c1-4-22-10-9-17(11-14(22)2)21(3)13-16-12-15-7-5-6-8-18(15)20-19(16)23/h5-8,12,14,17H,4,9-11,13H2,1-3H3,(H,20,23)/t14-,17-/m0/s1. The van der Waals surface area contributed by atoms with Gasteiger partial charge in [0, 0.05) is 29.7 Å². The smallest absolute Gasteiger partial charge is 0.252 e. The number of pyridine rings is 1. The van der Waals surface area contributed by atoms with Gasteiger partial charge in [-0.2, -0.15) is 0 Å². The Labute approximate surface area is 138 Å². The minimum Gasteiger partial charge on any atom is -0.322 e. The number of para-hydroxylation sites is 1. The molecule has 23 heavy (non-hydrogen) atoms. The summed E-state index contributed by atoms with van der Waals surface area (Å²) in [7, 11) is 2.15. The minimum atomic E-state index is 0.0367. The number of rotatable bonds is 4. The average Bonchev–Trinajstić information content (AvgIpc) is 2.55. The van der Waals surface area contributed by atoms with Gasteiger partial charge in [0.2, 0.25) is 0 Å². The van der Waals surface area contributed by atoms with Gasteiger partial charge in [0.25, 0.3) is 5.56 Å². The van der Waals surface area contributed by atoms with Crippen molar-refractivity contribution in [2.24, 2.45) is 0 Å². The van der Waals surface area contributed by atoms with Crippen molar-refractivity contribution in [2.75, 3.05) is 20.1 Å². The van der Waals surface area contributed by atoms with Crippen LogP contribution in [0.3, 0.4) is 0 Å². The van der Waals surface area contributed by atoms with E-state index in [0.29, 0.717) is 18.6 Å². The summed E-state index contributed by atoms with van der Waals surface area (Å²) in [5.41, 5.74) is 1.81. The van der Waals surface area contributed by atoms with Crippen LogP contribution in [0.15, 0.2) is 35.1 Å². The zero-order chi connectivity index (χ0) is 16.4. The normalized spacial score (nSPS) is 22.8. The number of benzene rings is 1. The average molecular weight is 313 g/mol. The Morgan fingerprint density at radius 3 is 2.87 bits per heavy atom. The van der Waals surface area contributed by atoms with E-state index < -0.39 is 0 Å². The van der Waals surface area contributed by atoms with Crippen molar-refractivity contribution >= 4 is 10.9 Å². The number of hydrogen-bond donors (Lipinski definition) is 1. The molecule has 1 saturated heterocycles. The molecule has 4 heteroatoms. The number of aromatic nitrogens is 1. The van der Waals surface area contributed by atoms with Gasteiger partial charge in [0.1, 0.15) is 0 Å². The lowest BCUT2D eigenvalue weighted by Gasteiger charge is -2.40. The van der Waals surface area contributed by atoms with Crippen LogP contribution in [-0.4, -0.2) is 47.0 Å². The fraction of sp³-hybridized carbons (Fsp3) is 0.526. The third-order valence-corrected chi connectivity index (χ3v) is 5.27. The predicted octanol–water partition coefficient (Wildman–Crippen LogP) is 2.83. The third kappa shape index (κ3) is 3.48. The second-order valence-corrected chi connectivity index (χ2v) is 6.78. The number of aromatic amines is 1. The number of piperidine rings is 1. The molecule has 0 unspecified atom stereocenters. The molecule has 1 aliphatic rings. The number of hydrogen-bond acceptors (Lipinski definition) is 3. The molecule has 0 aliphatic carbocycles. The van der Waals surface area contributed by atoms with Crippen molar-refractivity contribution in [3.8, 4) is 0 Å². The van der Waals surface area contributed by atoms with Gasteiger partial charge in [-0.1, -0.05) is 25.1 Å². The van der Waals surface area contributed by atoms with Crippen LogP contribution in [0.1, 0.15) is 32.3 Å². The van der Waals surface area contributed by atoms with E-state index in [1.165, 1.54) is 12.8 Å². The highest BCUT2D eigenvalue weighted by Crippen LogP contribution is 2.22. The molecular formula is C19H27N3O. The SMILES string of the molecule is CCN1CC[C@H](N(C)Cc2cc3ccccc3[nH]c2=O)C[C@@H]1C. The van der Waals surface area contributed by atoms with Gasteiger partial charge in [-0.3, -0.25) is 9.69 Å². The summed E-state index contributed by atoms with van der Waals surface area (Å²) in [6.45, 7) is 7.54. The van der Waals surface area contributed by atoms with Crippen molar-refractivity contribution in [1.82, 2.24) is 14.8 Å². The van der Waals surface area contributed by atoms with Crippen LogP contribution < -0.4 is 5.56 Å². The zero-order valence-corrected chi connectivity index (χ0v) is 14.4. The van der Waals surface area contributed by atoms with E-state index in [0.717, 1.165) is 29.6 Å². The lowest BCUT2D eigenvalue weighted by Crippen LogP contribution is -2.47. The number of H-pyrrole nitrogens is 1. The first kappa shape index (κ1) is 16.2. The molecule has 124 valence electrons. The lowest BCUT2D eigenvalue weighted by molar-refractivity contribution is 0.0861. The molecule has 1 aromatic heterocycles. The van der Waals surface area contributed by atoms with Crippen LogP contribution in [0, 0.1) is 0 Å². The van der Waals surface area contributed by atoms with E-state index in [1.54, 1.807) is 0 Å². The first-order valence-electron chi connectivity index (χ1n) is 8.63. The second-order valence-electron chi connectivity index (χ2n) is 6.78. The highest BCUT2D eigenvalue weighted by Gasteiger charge is 2.27. The van der Waals surface area contributed by atoms with Crippen molar-refractivity contribution in [3.05, 3.63) is 46.2 Å². The summed E-state index contributed by atoms with van der Waals surface area (Å²) in [6, 6.07) is 11.2. The van der Waals surface area contributed by atoms with Gasteiger partial charge in [-0.15, -0.1) is 0 Å². The number of fused-ring (bicyclic) bond motifs is 1. The van der Waals surface area contributed by atoms with E-state index in [1.807, 2.05) is 24.3 Å². The molecule has 1 aliphatic heterocycles. The monoisotopic (exact) mass is 313 g/mol. The van der Waals surface area contributed by atoms with Gasteiger partial charge in [-0.05, 0) is 57.4 Å². The summed E-state index contributed by atoms with van der Waals surface area (Å²) in [5, 5.41) is 1.10. The Balaban J connectivity index is 1.74. The largest absolute Gasteiger partial charge is 0.322 e. The number of nitrogens with zero attached hydrogens (tertiary/aromatic N) is 2. The van der Waals surface area contributed by atoms with Crippen LogP contribution in [0.2, 0.25) is 0 Å². The van der Waals surface area contributed by atoms with E-state index in [9.17, 15) is 4.79 Å². The minimum absolute atomic E-state index is 0.0367. The quantitative estimate of drug-likeness (QED) is 0.943. The highest BCUT2D eigenvalue weighted by molar-refractivity contribution is 5.78. The highest BCUT2D eigenvalue weighted by atomic mass is 16.1. The van der Waals surface area contributed by atoms with E-state index in [2.05, 4.69) is 41.7 Å². The van der Waals surface area contributed by atoms with Crippen LogP contribution in [-0.2, 0) is 6.54 Å².